The van der Waals surface area contributed by atoms with Crippen LogP contribution in [0.15, 0.2) is 53.2 Å². The molecule has 0 bridgehead atoms. The lowest BCUT2D eigenvalue weighted by atomic mass is 9.88. The van der Waals surface area contributed by atoms with Crippen LogP contribution in [0.1, 0.15) is 93.6 Å². The lowest BCUT2D eigenvalue weighted by Crippen LogP contribution is -2.48. The van der Waals surface area contributed by atoms with Gasteiger partial charge in [-0.3, -0.25) is 29.6 Å². The molecule has 3 aliphatic heterocycles. The molecule has 0 saturated carbocycles. The second-order valence-corrected chi connectivity index (χ2v) is 12.2. The van der Waals surface area contributed by atoms with Gasteiger partial charge >= 0.3 is 0 Å². The van der Waals surface area contributed by atoms with E-state index in [2.05, 4.69) is 45.2 Å². The number of nitrogens with zero attached hydrogens (tertiary/aromatic N) is 3. The normalized spacial score (nSPS) is 19.6. The third kappa shape index (κ3) is 10.2. The zero-order valence-electron chi connectivity index (χ0n) is 27.9. The number of ether oxygens (including phenoxy) is 1. The van der Waals surface area contributed by atoms with Crippen molar-refractivity contribution in [3.05, 3.63) is 70.4 Å². The lowest BCUT2D eigenvalue weighted by Gasteiger charge is -2.36. The van der Waals surface area contributed by atoms with Crippen molar-refractivity contribution in [2.24, 2.45) is 10.7 Å². The van der Waals surface area contributed by atoms with Gasteiger partial charge in [0, 0.05) is 31.5 Å². The molecule has 0 radical (unpaired) electrons. The Balaban J connectivity index is 0.000000218. The monoisotopic (exact) mass is 643 g/mol. The molecule has 47 heavy (non-hydrogen) atoms. The maximum Gasteiger partial charge on any atom is 0.246 e. The maximum absolute atomic E-state index is 12.0. The van der Waals surface area contributed by atoms with Crippen LogP contribution in [-0.2, 0) is 25.7 Å². The average Bonchev–Trinajstić information content (AvgIpc) is 3.59. The number of carbonyl (C=O) groups is 2. The van der Waals surface area contributed by atoms with E-state index in [1.165, 1.54) is 18.4 Å². The summed E-state index contributed by atoms with van der Waals surface area (Å²) in [5.74, 6) is 6.65. The van der Waals surface area contributed by atoms with E-state index < -0.39 is 6.04 Å². The number of amides is 2. The number of hydrogen-bond acceptors (Lipinski definition) is 9. The minimum absolute atomic E-state index is 0.187. The molecule has 4 N–H and O–H groups in total. The Morgan fingerprint density at radius 3 is 2.60 bits per heavy atom. The Morgan fingerprint density at radius 1 is 1.17 bits per heavy atom. The van der Waals surface area contributed by atoms with E-state index in [0.29, 0.717) is 25.3 Å². The van der Waals surface area contributed by atoms with Gasteiger partial charge in [0.25, 0.3) is 0 Å². The number of nitrogens with two attached hydrogens (primary N) is 1. The molecule has 0 aliphatic carbocycles. The first-order valence-electron chi connectivity index (χ1n) is 16.7. The summed E-state index contributed by atoms with van der Waals surface area (Å²) in [6.45, 7) is 11.0. The standard InChI is InChI=1S/C22H29N3O.C15H20N2O4/c1-2-5-20-14-21(6-7-22(20)19-8-12-26-13-9-19)24-16-18(15-23)17-25-10-3-4-11-25;1-3-4-14(15(20)16-9-18)17-8-11-7-12(19)5-6-13(11)10(2)21-17/h6-7,14-16,19H,3-4,8-13,17,23H2,1H3;5-7,9-10,14,19H,3-4,8H2,1-2H3,(H,16,18,20)/b18-15+,24-16?;. The van der Waals surface area contributed by atoms with Crippen LogP contribution in [0.3, 0.4) is 0 Å². The van der Waals surface area contributed by atoms with Crippen molar-refractivity contribution in [3.63, 3.8) is 0 Å². The molecule has 2 atom stereocenters. The molecule has 10 nitrogen and oxygen atoms in total. The Bertz CT molecular complexity index is 1470. The summed E-state index contributed by atoms with van der Waals surface area (Å²) in [7, 11) is 0. The summed E-state index contributed by atoms with van der Waals surface area (Å²) in [5, 5.41) is 13.4. The van der Waals surface area contributed by atoms with Crippen LogP contribution >= 0.6 is 0 Å². The molecule has 2 aromatic carbocycles. The van der Waals surface area contributed by atoms with Crippen LogP contribution in [0.5, 0.6) is 5.75 Å². The van der Waals surface area contributed by atoms with Gasteiger partial charge in [-0.25, -0.2) is 0 Å². The number of aromatic hydroxyl groups is 1. The molecule has 3 aliphatic rings. The molecule has 2 fully saturated rings. The molecule has 0 aromatic heterocycles. The fourth-order valence-electron chi connectivity index (χ4n) is 6.33. The molecule has 10 heteroatoms. The van der Waals surface area contributed by atoms with E-state index in [0.717, 1.165) is 80.1 Å². The van der Waals surface area contributed by atoms with E-state index in [4.69, 9.17) is 15.3 Å². The summed E-state index contributed by atoms with van der Waals surface area (Å²) in [6, 6.07) is 11.0. The van der Waals surface area contributed by atoms with Gasteiger partial charge in [0.15, 0.2) is 0 Å². The summed E-state index contributed by atoms with van der Waals surface area (Å²) < 4.78 is 5.49. The van der Waals surface area contributed by atoms with Crippen molar-refractivity contribution in [1.82, 2.24) is 15.3 Å². The summed E-state index contributed by atoms with van der Waals surface area (Å²) in [4.78, 5) is 35.4. The topological polar surface area (TPSA) is 130 Å². The van der Waals surface area contributed by atoms with E-state index in [-0.39, 0.29) is 17.8 Å². The summed E-state index contributed by atoms with van der Waals surface area (Å²) in [6.07, 6.45) is 9.81. The molecular formula is C37H49N5O5. The number of phenolic OH excluding ortho intramolecular Hbond substituents is 1. The van der Waals surface area contributed by atoms with Crippen LogP contribution < -0.4 is 11.1 Å². The highest BCUT2D eigenvalue weighted by Gasteiger charge is 2.32. The second kappa shape index (κ2) is 18.4. The van der Waals surface area contributed by atoms with Crippen molar-refractivity contribution in [1.29, 1.82) is 0 Å². The Kier molecular flexibility index (Phi) is 14.0. The van der Waals surface area contributed by atoms with Crippen molar-refractivity contribution < 1.29 is 24.3 Å². The smallest absolute Gasteiger partial charge is 0.246 e. The number of aliphatic imine (C=N–C) groups is 1. The number of likely N-dealkylation sites (tertiary alicyclic amines) is 1. The van der Waals surface area contributed by atoms with Crippen molar-refractivity contribution >= 4 is 24.2 Å². The SMILES string of the molecule is CC#Cc1cc(N=C/C(=C\N)CN2CCCC2)ccc1C1CCOCC1.CCCC(C(=O)NC=O)N1Cc2cc(O)ccc2C(C)O1. The van der Waals surface area contributed by atoms with Crippen molar-refractivity contribution in [2.45, 2.75) is 83.9 Å². The highest BCUT2D eigenvalue weighted by atomic mass is 16.7. The molecule has 3 heterocycles. The van der Waals surface area contributed by atoms with Gasteiger partial charge < -0.3 is 15.6 Å². The van der Waals surface area contributed by atoms with Gasteiger partial charge in [0.05, 0.1) is 12.2 Å². The van der Waals surface area contributed by atoms with Gasteiger partial charge in [-0.15, -0.1) is 5.92 Å². The van der Waals surface area contributed by atoms with Gasteiger partial charge in [0.1, 0.15) is 17.9 Å². The third-order valence-corrected chi connectivity index (χ3v) is 8.75. The zero-order valence-corrected chi connectivity index (χ0v) is 27.9. The Labute approximate surface area is 279 Å². The summed E-state index contributed by atoms with van der Waals surface area (Å²) in [5.41, 5.74) is 12.1. The van der Waals surface area contributed by atoms with Crippen LogP contribution in [0.4, 0.5) is 5.69 Å². The maximum atomic E-state index is 12.0. The first-order valence-corrected chi connectivity index (χ1v) is 16.7. The first-order chi connectivity index (χ1) is 22.9. The van der Waals surface area contributed by atoms with Gasteiger partial charge in [-0.1, -0.05) is 31.4 Å². The number of rotatable bonds is 10. The molecule has 2 saturated heterocycles. The number of carbonyl (C=O) groups excluding carboxylic acids is 2. The largest absolute Gasteiger partial charge is 0.508 e. The van der Waals surface area contributed by atoms with Crippen molar-refractivity contribution in [3.8, 4) is 17.6 Å². The highest BCUT2D eigenvalue weighted by molar-refractivity contribution is 5.89. The van der Waals surface area contributed by atoms with Gasteiger partial charge in [-0.2, -0.15) is 5.06 Å². The number of fused-ring (bicyclic) bond motifs is 1. The average molecular weight is 644 g/mol. The van der Waals surface area contributed by atoms with Crippen LogP contribution in [0, 0.1) is 11.8 Å². The van der Waals surface area contributed by atoms with Gasteiger partial charge in [-0.05, 0) is 118 Å². The molecule has 2 aromatic rings. The number of imide groups is 1. The predicted molar refractivity (Wildman–Crippen MR) is 184 cm³/mol. The number of hydrogen-bond donors (Lipinski definition) is 3. The van der Waals surface area contributed by atoms with E-state index in [1.807, 2.05) is 33.1 Å². The molecule has 2 unspecified atom stereocenters. The Morgan fingerprint density at radius 2 is 1.91 bits per heavy atom. The summed E-state index contributed by atoms with van der Waals surface area (Å²) >= 11 is 0. The molecular weight excluding hydrogens is 594 g/mol. The quantitative estimate of drug-likeness (QED) is 0.182. The fraction of sp³-hybridized carbons (Fsp3) is 0.486. The molecule has 252 valence electrons. The van der Waals surface area contributed by atoms with Crippen LogP contribution in [0.2, 0.25) is 0 Å². The minimum Gasteiger partial charge on any atom is -0.508 e. The van der Waals surface area contributed by atoms with Gasteiger partial charge in [0.2, 0.25) is 12.3 Å². The highest BCUT2D eigenvalue weighted by Crippen LogP contribution is 2.34. The number of nitrogens with one attached hydrogen (secondary N) is 1. The van der Waals surface area contributed by atoms with Crippen molar-refractivity contribution in [2.75, 3.05) is 32.8 Å². The van der Waals surface area contributed by atoms with E-state index in [1.54, 1.807) is 23.4 Å². The minimum atomic E-state index is -0.529. The third-order valence-electron chi connectivity index (χ3n) is 8.75. The van der Waals surface area contributed by atoms with Crippen LogP contribution in [0.25, 0.3) is 0 Å². The zero-order chi connectivity index (χ0) is 33.6. The van der Waals surface area contributed by atoms with Crippen LogP contribution in [-0.4, -0.2) is 72.5 Å². The fourth-order valence-corrected chi connectivity index (χ4v) is 6.33. The number of phenols is 1. The number of benzene rings is 2. The lowest BCUT2D eigenvalue weighted by molar-refractivity contribution is -0.235. The molecule has 5 rings (SSSR count). The Hall–Kier alpha value is -4.01. The molecule has 2 amide bonds. The first kappa shape index (κ1) is 35.8. The molecule has 0 spiro atoms. The van der Waals surface area contributed by atoms with E-state index >= 15 is 0 Å². The van der Waals surface area contributed by atoms with E-state index in [9.17, 15) is 14.7 Å². The second-order valence-electron chi connectivity index (χ2n) is 12.2. The number of hydroxylamine groups is 2. The predicted octanol–water partition coefficient (Wildman–Crippen LogP) is 5.23.